The Morgan fingerprint density at radius 2 is 1.70 bits per heavy atom. The van der Waals surface area contributed by atoms with Crippen molar-refractivity contribution in [2.45, 2.75) is 90.7 Å². The molecule has 0 saturated carbocycles. The Labute approximate surface area is 298 Å². The first-order valence-electron chi connectivity index (χ1n) is 18.0. The minimum absolute atomic E-state index is 0.0625. The summed E-state index contributed by atoms with van der Waals surface area (Å²) in [6.45, 7) is 21.0. The quantitative estimate of drug-likeness (QED) is 0.201. The fourth-order valence-electron chi connectivity index (χ4n) is 6.57. The minimum atomic E-state index is -2.04. The minimum Gasteiger partial charge on any atom is -0.444 e. The van der Waals surface area contributed by atoms with E-state index in [1.54, 1.807) is 0 Å². The van der Waals surface area contributed by atoms with E-state index < -0.39 is 25.6 Å². The van der Waals surface area contributed by atoms with Crippen LogP contribution in [-0.2, 0) is 20.4 Å². The molecule has 0 bridgehead atoms. The highest BCUT2D eigenvalue weighted by molar-refractivity contribution is 6.74. The second-order valence-electron chi connectivity index (χ2n) is 16.5. The summed E-state index contributed by atoms with van der Waals surface area (Å²) in [5, 5.41) is 3.96. The van der Waals surface area contributed by atoms with Crippen molar-refractivity contribution in [3.63, 3.8) is 0 Å². The zero-order chi connectivity index (χ0) is 36.3. The van der Waals surface area contributed by atoms with Crippen LogP contribution < -0.4 is 5.32 Å². The second-order valence-corrected chi connectivity index (χ2v) is 21.3. The molecule has 1 amide bonds. The Balaban J connectivity index is 1.47. The summed E-state index contributed by atoms with van der Waals surface area (Å²) in [5.41, 5.74) is 1.01. The number of rotatable bonds is 11. The molecule has 0 aliphatic carbocycles. The fourth-order valence-corrected chi connectivity index (χ4v) is 7.64. The molecule has 11 heteroatoms. The lowest BCUT2D eigenvalue weighted by Crippen LogP contribution is -2.43. The van der Waals surface area contributed by atoms with Gasteiger partial charge in [-0.25, -0.2) is 18.6 Å². The SMILES string of the molecule is CC(C)(C)OC(=O)N1C[C@@H](CN[C@@H](c2nc(-c3cc(F)ccc3F)cn2Cc2ccccc2)C2CCOCC2)[C@H](CO[Si](C)(C)C(C)(C)C)C1. The molecule has 5 rings (SSSR count). The molecule has 3 atom stereocenters. The Bertz CT molecular complexity index is 1580. The molecular formula is C39H56F2N4O4Si. The number of aromatic nitrogens is 2. The van der Waals surface area contributed by atoms with Crippen molar-refractivity contribution in [2.75, 3.05) is 39.5 Å². The lowest BCUT2D eigenvalue weighted by atomic mass is 9.89. The van der Waals surface area contributed by atoms with Gasteiger partial charge in [0.25, 0.3) is 0 Å². The molecule has 0 unspecified atom stereocenters. The summed E-state index contributed by atoms with van der Waals surface area (Å²) in [6.07, 6.45) is 3.21. The van der Waals surface area contributed by atoms with Gasteiger partial charge in [0.2, 0.25) is 0 Å². The van der Waals surface area contributed by atoms with E-state index in [0.29, 0.717) is 51.7 Å². The normalized spacial score (nSPS) is 19.9. The number of halogens is 2. The Hall–Kier alpha value is -3.12. The van der Waals surface area contributed by atoms with E-state index in [1.165, 1.54) is 6.07 Å². The standard InChI is InChI=1S/C39H56F2N4O4Si/c1-38(2,3)49-37(46)45-23-29(30(24-45)26-48-50(7,8)39(4,5)6)21-42-35(28-16-18-47-19-17-28)36-43-34(32-20-31(40)14-15-33(32)41)25-44(36)22-27-12-10-9-11-13-27/h9-15,20,25,28-30,35,42H,16-19,21-24,26H2,1-8H3/t29-,30+,35-/m1/s1. The smallest absolute Gasteiger partial charge is 0.410 e. The molecule has 2 aliphatic heterocycles. The van der Waals surface area contributed by atoms with Crippen LogP contribution >= 0.6 is 0 Å². The predicted octanol–water partition coefficient (Wildman–Crippen LogP) is 8.44. The zero-order valence-electron chi connectivity index (χ0n) is 31.1. The van der Waals surface area contributed by atoms with Gasteiger partial charge < -0.3 is 28.7 Å². The summed E-state index contributed by atoms with van der Waals surface area (Å²) >= 11 is 0. The number of likely N-dealkylation sites (tertiary alicyclic amines) is 1. The molecule has 50 heavy (non-hydrogen) atoms. The summed E-state index contributed by atoms with van der Waals surface area (Å²) < 4.78 is 49.9. The average molecular weight is 711 g/mol. The van der Waals surface area contributed by atoms with Gasteiger partial charge in [0.05, 0.1) is 11.7 Å². The first-order valence-corrected chi connectivity index (χ1v) is 20.9. The van der Waals surface area contributed by atoms with Gasteiger partial charge in [-0.3, -0.25) is 0 Å². The highest BCUT2D eigenvalue weighted by atomic mass is 28.4. The van der Waals surface area contributed by atoms with Crippen molar-refractivity contribution in [1.82, 2.24) is 19.8 Å². The molecular weight excluding hydrogens is 655 g/mol. The Morgan fingerprint density at radius 1 is 1.02 bits per heavy atom. The van der Waals surface area contributed by atoms with Gasteiger partial charge in [-0.05, 0) is 87.3 Å². The van der Waals surface area contributed by atoms with Crippen LogP contribution in [0.2, 0.25) is 18.1 Å². The van der Waals surface area contributed by atoms with E-state index in [2.05, 4.69) is 55.9 Å². The van der Waals surface area contributed by atoms with Gasteiger partial charge in [0.15, 0.2) is 8.32 Å². The number of hydrogen-bond donors (Lipinski definition) is 1. The lowest BCUT2D eigenvalue weighted by molar-refractivity contribution is 0.0280. The van der Waals surface area contributed by atoms with Crippen LogP contribution in [-0.4, -0.2) is 73.9 Å². The van der Waals surface area contributed by atoms with Crippen LogP contribution in [0.1, 0.15) is 71.8 Å². The molecule has 3 aromatic rings. The van der Waals surface area contributed by atoms with Gasteiger partial charge >= 0.3 is 6.09 Å². The summed E-state index contributed by atoms with van der Waals surface area (Å²) in [6, 6.07) is 13.4. The molecule has 0 spiro atoms. The van der Waals surface area contributed by atoms with Crippen LogP contribution in [0.4, 0.5) is 13.6 Å². The molecule has 1 aromatic heterocycles. The highest BCUT2D eigenvalue weighted by Crippen LogP contribution is 2.38. The molecule has 0 radical (unpaired) electrons. The van der Waals surface area contributed by atoms with E-state index in [0.717, 1.165) is 36.4 Å². The van der Waals surface area contributed by atoms with Crippen LogP contribution in [0, 0.1) is 29.4 Å². The van der Waals surface area contributed by atoms with Crippen LogP contribution in [0.15, 0.2) is 54.7 Å². The van der Waals surface area contributed by atoms with E-state index in [4.69, 9.17) is 18.9 Å². The third-order valence-electron chi connectivity index (χ3n) is 10.5. The summed E-state index contributed by atoms with van der Waals surface area (Å²) in [4.78, 5) is 20.2. The molecule has 2 fully saturated rings. The zero-order valence-corrected chi connectivity index (χ0v) is 32.1. The molecule has 274 valence electrons. The number of carbonyl (C=O) groups excluding carboxylic acids is 1. The Morgan fingerprint density at radius 3 is 2.36 bits per heavy atom. The molecule has 2 aromatic carbocycles. The molecule has 2 aliphatic rings. The number of imidazole rings is 1. The van der Waals surface area contributed by atoms with Crippen molar-refractivity contribution >= 4 is 14.4 Å². The van der Waals surface area contributed by atoms with Crippen LogP contribution in [0.5, 0.6) is 0 Å². The number of ether oxygens (including phenoxy) is 2. The number of nitrogens with zero attached hydrogens (tertiary/aromatic N) is 3. The first kappa shape index (κ1) is 38.1. The topological polar surface area (TPSA) is 77.9 Å². The second kappa shape index (κ2) is 15.6. The Kier molecular flexibility index (Phi) is 11.9. The van der Waals surface area contributed by atoms with Crippen LogP contribution in [0.3, 0.4) is 0 Å². The molecule has 2 saturated heterocycles. The van der Waals surface area contributed by atoms with Crippen molar-refractivity contribution in [3.8, 4) is 11.3 Å². The number of carbonyl (C=O) groups is 1. The van der Waals surface area contributed by atoms with Crippen molar-refractivity contribution in [1.29, 1.82) is 0 Å². The third-order valence-corrected chi connectivity index (χ3v) is 15.0. The van der Waals surface area contributed by atoms with E-state index in [-0.39, 0.29) is 40.5 Å². The van der Waals surface area contributed by atoms with E-state index >= 15 is 4.39 Å². The van der Waals surface area contributed by atoms with Gasteiger partial charge in [0.1, 0.15) is 23.1 Å². The molecule has 1 N–H and O–H groups in total. The molecule has 8 nitrogen and oxygen atoms in total. The fraction of sp³-hybridized carbons (Fsp3) is 0.590. The van der Waals surface area contributed by atoms with Gasteiger partial charge in [-0.15, -0.1) is 0 Å². The maximum Gasteiger partial charge on any atom is 0.410 e. The van der Waals surface area contributed by atoms with Crippen molar-refractivity contribution in [2.24, 2.45) is 17.8 Å². The third kappa shape index (κ3) is 9.60. The maximum absolute atomic E-state index is 15.1. The summed E-state index contributed by atoms with van der Waals surface area (Å²) in [7, 11) is -2.04. The maximum atomic E-state index is 15.1. The average Bonchev–Trinajstić information content (AvgIpc) is 3.65. The lowest BCUT2D eigenvalue weighted by Gasteiger charge is -2.37. The monoisotopic (exact) mass is 710 g/mol. The number of benzene rings is 2. The van der Waals surface area contributed by atoms with Crippen LogP contribution in [0.25, 0.3) is 11.3 Å². The van der Waals surface area contributed by atoms with E-state index in [1.807, 2.05) is 50.1 Å². The summed E-state index contributed by atoms with van der Waals surface area (Å²) in [5.74, 6) is 0.163. The van der Waals surface area contributed by atoms with E-state index in [9.17, 15) is 9.18 Å². The van der Waals surface area contributed by atoms with Gasteiger partial charge in [0, 0.05) is 63.7 Å². The first-order chi connectivity index (χ1) is 23.5. The van der Waals surface area contributed by atoms with Crippen molar-refractivity contribution in [3.05, 3.63) is 77.8 Å². The van der Waals surface area contributed by atoms with Crippen molar-refractivity contribution < 1.29 is 27.5 Å². The molecule has 3 heterocycles. The largest absolute Gasteiger partial charge is 0.444 e. The highest BCUT2D eigenvalue weighted by Gasteiger charge is 2.42. The number of hydrogen-bond acceptors (Lipinski definition) is 6. The van der Waals surface area contributed by atoms with Gasteiger partial charge in [-0.1, -0.05) is 51.1 Å². The van der Waals surface area contributed by atoms with Gasteiger partial charge in [-0.2, -0.15) is 0 Å². The predicted molar refractivity (Wildman–Crippen MR) is 195 cm³/mol. The number of nitrogens with one attached hydrogen (secondary N) is 1. The number of amides is 1.